The minimum absolute atomic E-state index is 0.170. The molecule has 6 nitrogen and oxygen atoms in total. The Morgan fingerprint density at radius 3 is 2.56 bits per heavy atom. The molecule has 2 aromatic carbocycles. The van der Waals surface area contributed by atoms with E-state index in [1.165, 1.54) is 6.07 Å². The third-order valence-corrected chi connectivity index (χ3v) is 6.36. The monoisotopic (exact) mass is 441 g/mol. The van der Waals surface area contributed by atoms with Crippen LogP contribution in [0.2, 0.25) is 0 Å². The maximum Gasteiger partial charge on any atom is 0.251 e. The van der Waals surface area contributed by atoms with Gasteiger partial charge in [-0.25, -0.2) is 4.39 Å². The predicted octanol–water partition coefficient (Wildman–Crippen LogP) is 3.07. The van der Waals surface area contributed by atoms with Crippen LogP contribution in [0.25, 0.3) is 0 Å². The van der Waals surface area contributed by atoms with Crippen LogP contribution < -0.4 is 10.2 Å². The second-order valence-corrected chi connectivity index (χ2v) is 8.55. The molecule has 0 saturated carbocycles. The van der Waals surface area contributed by atoms with E-state index >= 15 is 0 Å². The summed E-state index contributed by atoms with van der Waals surface area (Å²) >= 11 is 0. The van der Waals surface area contributed by atoms with Gasteiger partial charge >= 0.3 is 0 Å². The Labute approximate surface area is 189 Å². The Bertz CT molecular complexity index is 878. The number of amides is 1. The van der Waals surface area contributed by atoms with Crippen molar-refractivity contribution in [1.82, 2.24) is 10.2 Å². The van der Waals surface area contributed by atoms with Gasteiger partial charge in [0.25, 0.3) is 5.91 Å². The molecule has 0 aliphatic carbocycles. The number of rotatable bonds is 7. The first kappa shape index (κ1) is 22.7. The van der Waals surface area contributed by atoms with Crippen molar-refractivity contribution < 1.29 is 18.7 Å². The van der Waals surface area contributed by atoms with E-state index in [0.29, 0.717) is 37.0 Å². The summed E-state index contributed by atoms with van der Waals surface area (Å²) < 4.78 is 25.0. The van der Waals surface area contributed by atoms with Crippen molar-refractivity contribution in [2.75, 3.05) is 51.4 Å². The predicted molar refractivity (Wildman–Crippen MR) is 122 cm³/mol. The van der Waals surface area contributed by atoms with E-state index in [1.807, 2.05) is 24.3 Å². The van der Waals surface area contributed by atoms with Gasteiger partial charge in [0, 0.05) is 49.0 Å². The topological polar surface area (TPSA) is 54.0 Å². The molecule has 2 aliphatic heterocycles. The summed E-state index contributed by atoms with van der Waals surface area (Å²) in [6, 6.07) is 14.7. The molecular formula is C25H32FN3O3. The zero-order valence-corrected chi connectivity index (χ0v) is 18.6. The second-order valence-electron chi connectivity index (χ2n) is 8.55. The number of piperidine rings is 1. The Hall–Kier alpha value is -2.48. The van der Waals surface area contributed by atoms with Gasteiger partial charge < -0.3 is 24.6 Å². The number of halogens is 1. The molecule has 2 aromatic rings. The Balaban J connectivity index is 1.24. The van der Waals surface area contributed by atoms with Crippen LogP contribution in [0, 0.1) is 5.82 Å². The summed E-state index contributed by atoms with van der Waals surface area (Å²) in [4.78, 5) is 17.2. The van der Waals surface area contributed by atoms with Gasteiger partial charge in [-0.1, -0.05) is 18.2 Å². The maximum atomic E-state index is 13.7. The summed E-state index contributed by atoms with van der Waals surface area (Å²) in [5.41, 5.74) is 2.18. The highest BCUT2D eigenvalue weighted by atomic mass is 19.1. The van der Waals surface area contributed by atoms with Gasteiger partial charge in [-0.15, -0.1) is 0 Å². The number of nitrogens with one attached hydrogen (secondary N) is 1. The van der Waals surface area contributed by atoms with Gasteiger partial charge in [0.2, 0.25) is 0 Å². The minimum atomic E-state index is -0.309. The molecule has 2 fully saturated rings. The number of benzene rings is 2. The highest BCUT2D eigenvalue weighted by molar-refractivity contribution is 5.94. The Morgan fingerprint density at radius 1 is 1.12 bits per heavy atom. The fraction of sp³-hybridized carbons (Fsp3) is 0.480. The first-order valence-electron chi connectivity index (χ1n) is 11.4. The average molecular weight is 442 g/mol. The fourth-order valence-corrected chi connectivity index (χ4v) is 4.42. The van der Waals surface area contributed by atoms with E-state index < -0.39 is 0 Å². The van der Waals surface area contributed by atoms with Crippen LogP contribution in [0.3, 0.4) is 0 Å². The molecule has 0 spiro atoms. The maximum absolute atomic E-state index is 13.7. The van der Waals surface area contributed by atoms with Crippen molar-refractivity contribution in [3.63, 3.8) is 0 Å². The van der Waals surface area contributed by atoms with E-state index in [1.54, 1.807) is 18.2 Å². The zero-order chi connectivity index (χ0) is 22.3. The van der Waals surface area contributed by atoms with Crippen LogP contribution in [-0.4, -0.2) is 69.5 Å². The van der Waals surface area contributed by atoms with Gasteiger partial charge in [-0.05, 0) is 50.2 Å². The van der Waals surface area contributed by atoms with Crippen molar-refractivity contribution in [3.8, 4) is 0 Å². The van der Waals surface area contributed by atoms with Gasteiger partial charge in [-0.2, -0.15) is 0 Å². The molecule has 2 aliphatic rings. The largest absolute Gasteiger partial charge is 0.376 e. The highest BCUT2D eigenvalue weighted by Gasteiger charge is 2.25. The third-order valence-electron chi connectivity index (χ3n) is 6.36. The van der Waals surface area contributed by atoms with Crippen LogP contribution >= 0.6 is 0 Å². The molecule has 1 amide bonds. The lowest BCUT2D eigenvalue weighted by Crippen LogP contribution is -2.47. The first-order valence-corrected chi connectivity index (χ1v) is 11.4. The van der Waals surface area contributed by atoms with Crippen molar-refractivity contribution in [2.45, 2.75) is 31.5 Å². The highest BCUT2D eigenvalue weighted by Crippen LogP contribution is 2.23. The molecule has 4 rings (SSSR count). The summed E-state index contributed by atoms with van der Waals surface area (Å²) in [5.74, 6) is -0.508. The smallest absolute Gasteiger partial charge is 0.251 e. The normalized spacial score (nSPS) is 19.8. The number of anilines is 1. The summed E-state index contributed by atoms with van der Waals surface area (Å²) in [5, 5.41) is 2.79. The number of hydrogen-bond donors (Lipinski definition) is 1. The van der Waals surface area contributed by atoms with Gasteiger partial charge in [-0.3, -0.25) is 4.79 Å². The molecule has 1 atom stereocenters. The molecule has 0 aromatic heterocycles. The molecule has 172 valence electrons. The third kappa shape index (κ3) is 5.85. The minimum Gasteiger partial charge on any atom is -0.376 e. The van der Waals surface area contributed by atoms with Crippen molar-refractivity contribution >= 4 is 11.6 Å². The lowest BCUT2D eigenvalue weighted by Gasteiger charge is -2.39. The molecule has 0 bridgehead atoms. The van der Waals surface area contributed by atoms with Gasteiger partial charge in [0.05, 0.1) is 25.9 Å². The lowest BCUT2D eigenvalue weighted by molar-refractivity contribution is -0.0989. The quantitative estimate of drug-likeness (QED) is 0.716. The number of carbonyl (C=O) groups is 1. The molecule has 2 heterocycles. The second kappa shape index (κ2) is 10.9. The van der Waals surface area contributed by atoms with E-state index in [2.05, 4.69) is 22.2 Å². The zero-order valence-electron chi connectivity index (χ0n) is 18.6. The van der Waals surface area contributed by atoms with Crippen LogP contribution in [0.4, 0.5) is 10.1 Å². The molecule has 1 unspecified atom stereocenters. The van der Waals surface area contributed by atoms with Crippen LogP contribution in [0.5, 0.6) is 0 Å². The van der Waals surface area contributed by atoms with Gasteiger partial charge in [0.15, 0.2) is 0 Å². The van der Waals surface area contributed by atoms with Gasteiger partial charge in [0.1, 0.15) is 5.82 Å². The number of hydrogen-bond acceptors (Lipinski definition) is 5. The average Bonchev–Trinajstić information content (AvgIpc) is 2.84. The van der Waals surface area contributed by atoms with Crippen molar-refractivity contribution in [1.29, 1.82) is 0 Å². The number of carbonyl (C=O) groups excluding carboxylic acids is 1. The first-order chi connectivity index (χ1) is 15.6. The molecule has 7 heteroatoms. The lowest BCUT2D eigenvalue weighted by atomic mass is 10.0. The SMILES string of the molecule is CN(CC1COCCO1)C1CCN(c2ccc(C(=O)NCc3ccccc3F)cc2)CC1. The van der Waals surface area contributed by atoms with Crippen LogP contribution in [0.1, 0.15) is 28.8 Å². The van der Waals surface area contributed by atoms with E-state index in [9.17, 15) is 9.18 Å². The summed E-state index contributed by atoms with van der Waals surface area (Å²) in [6.45, 7) is 5.11. The molecule has 32 heavy (non-hydrogen) atoms. The Kier molecular flexibility index (Phi) is 7.73. The van der Waals surface area contributed by atoms with Crippen LogP contribution in [0.15, 0.2) is 48.5 Å². The summed E-state index contributed by atoms with van der Waals surface area (Å²) in [6.07, 6.45) is 2.35. The van der Waals surface area contributed by atoms with Crippen molar-refractivity contribution in [3.05, 3.63) is 65.5 Å². The van der Waals surface area contributed by atoms with E-state index in [4.69, 9.17) is 9.47 Å². The van der Waals surface area contributed by atoms with Crippen LogP contribution in [-0.2, 0) is 16.0 Å². The Morgan fingerprint density at radius 2 is 1.88 bits per heavy atom. The molecule has 2 saturated heterocycles. The number of ether oxygens (including phenoxy) is 2. The van der Waals surface area contributed by atoms with Crippen molar-refractivity contribution in [2.24, 2.45) is 0 Å². The molecule has 0 radical (unpaired) electrons. The number of nitrogens with zero attached hydrogens (tertiary/aromatic N) is 2. The fourth-order valence-electron chi connectivity index (χ4n) is 4.42. The van der Waals surface area contributed by atoms with E-state index in [-0.39, 0.29) is 24.4 Å². The molecular weight excluding hydrogens is 409 g/mol. The molecule has 1 N–H and O–H groups in total. The van der Waals surface area contributed by atoms with E-state index in [0.717, 1.165) is 38.2 Å². The standard InChI is InChI=1S/C25H32FN3O3/c1-28(17-23-18-31-14-15-32-23)21-10-12-29(13-11-21)22-8-6-19(7-9-22)25(30)27-16-20-4-2-3-5-24(20)26/h2-9,21,23H,10-18H2,1H3,(H,27,30). The number of likely N-dealkylation sites (N-methyl/N-ethyl adjacent to an activating group) is 1. The summed E-state index contributed by atoms with van der Waals surface area (Å²) in [7, 11) is 2.17.